The Morgan fingerprint density at radius 2 is 1.90 bits per heavy atom. The number of Topliss-reactive ketones (excluding diaryl/α,β-unsaturated/α-hetero) is 1. The van der Waals surface area contributed by atoms with E-state index in [1.807, 2.05) is 6.07 Å². The second-order valence-corrected chi connectivity index (χ2v) is 9.03. The Morgan fingerprint density at radius 3 is 2.73 bits per heavy atom. The number of fused-ring (bicyclic) bond motifs is 5. The number of hydrogen-bond donors (Lipinski definition) is 1. The molecular formula is C26H21BrN2O. The summed E-state index contributed by atoms with van der Waals surface area (Å²) in [4.78, 5) is 13.0. The number of benzene rings is 3. The van der Waals surface area contributed by atoms with Gasteiger partial charge in [-0.2, -0.15) is 0 Å². The third-order valence-corrected chi connectivity index (χ3v) is 7.06. The molecule has 0 saturated heterocycles. The van der Waals surface area contributed by atoms with Crippen molar-refractivity contribution in [2.45, 2.75) is 32.2 Å². The van der Waals surface area contributed by atoms with Gasteiger partial charge in [-0.15, -0.1) is 0 Å². The number of aromatic nitrogens is 1. The van der Waals surface area contributed by atoms with Crippen molar-refractivity contribution in [1.29, 1.82) is 0 Å². The molecule has 1 aliphatic carbocycles. The molecular weight excluding hydrogens is 436 g/mol. The number of allylic oxidation sites excluding steroid dienone is 2. The van der Waals surface area contributed by atoms with Crippen molar-refractivity contribution in [1.82, 2.24) is 4.57 Å². The van der Waals surface area contributed by atoms with Crippen molar-refractivity contribution in [2.75, 3.05) is 5.32 Å². The standard InChI is InChI=1S/C26H21BrN2O/c1-2-29-20-9-4-3-8-17(20)24-21(29)12-10-19-26(24)23(15-6-5-7-16(27)14-15)25-18(28-19)11-13-22(25)30/h3-10,12,14,23,28H,2,11,13H2,1H3. The fraction of sp³-hybridized carbons (Fsp3) is 0.192. The fourth-order valence-corrected chi connectivity index (χ4v) is 5.80. The van der Waals surface area contributed by atoms with Crippen molar-refractivity contribution in [3.8, 4) is 0 Å². The number of hydrogen-bond acceptors (Lipinski definition) is 2. The van der Waals surface area contributed by atoms with Crippen molar-refractivity contribution >= 4 is 49.2 Å². The molecule has 0 spiro atoms. The molecule has 1 atom stereocenters. The molecule has 0 fully saturated rings. The van der Waals surface area contributed by atoms with Gasteiger partial charge in [0.15, 0.2) is 5.78 Å². The number of aryl methyl sites for hydroxylation is 1. The van der Waals surface area contributed by atoms with Gasteiger partial charge in [0.05, 0.1) is 0 Å². The summed E-state index contributed by atoms with van der Waals surface area (Å²) in [6.07, 6.45) is 1.39. The van der Waals surface area contributed by atoms with Crippen LogP contribution in [-0.4, -0.2) is 10.4 Å². The number of carbonyl (C=O) groups is 1. The average molecular weight is 457 g/mol. The quantitative estimate of drug-likeness (QED) is 0.361. The highest BCUT2D eigenvalue weighted by Gasteiger charge is 2.38. The van der Waals surface area contributed by atoms with E-state index in [0.717, 1.165) is 40.0 Å². The van der Waals surface area contributed by atoms with Crippen molar-refractivity contribution in [3.05, 3.63) is 87.5 Å². The summed E-state index contributed by atoms with van der Waals surface area (Å²) >= 11 is 3.64. The zero-order chi connectivity index (χ0) is 20.4. The van der Waals surface area contributed by atoms with E-state index >= 15 is 0 Å². The smallest absolute Gasteiger partial charge is 0.161 e. The SMILES string of the molecule is CCn1c2ccccc2c2c3c(ccc21)NC1=C(C(=O)CC1)C3c1cccc(Br)c1. The largest absolute Gasteiger partial charge is 0.358 e. The maximum atomic E-state index is 13.0. The minimum Gasteiger partial charge on any atom is -0.358 e. The molecule has 0 radical (unpaired) electrons. The van der Waals surface area contributed by atoms with E-state index in [1.165, 1.54) is 27.4 Å². The van der Waals surface area contributed by atoms with E-state index in [1.54, 1.807) is 0 Å². The van der Waals surface area contributed by atoms with Gasteiger partial charge in [0, 0.05) is 62.1 Å². The molecule has 4 heteroatoms. The van der Waals surface area contributed by atoms with E-state index in [0.29, 0.717) is 6.42 Å². The molecule has 6 rings (SSSR count). The lowest BCUT2D eigenvalue weighted by Gasteiger charge is -2.30. The number of ketones is 1. The van der Waals surface area contributed by atoms with Gasteiger partial charge in [0.1, 0.15) is 0 Å². The number of carbonyl (C=O) groups excluding carboxylic acids is 1. The Balaban J connectivity index is 1.76. The molecule has 1 unspecified atom stereocenters. The summed E-state index contributed by atoms with van der Waals surface area (Å²) in [5.41, 5.74) is 8.03. The van der Waals surface area contributed by atoms with Crippen LogP contribution in [0.15, 0.2) is 76.4 Å². The van der Waals surface area contributed by atoms with Crippen LogP contribution in [0.3, 0.4) is 0 Å². The van der Waals surface area contributed by atoms with E-state index in [9.17, 15) is 4.79 Å². The second kappa shape index (κ2) is 6.58. The molecule has 1 aliphatic heterocycles. The molecule has 4 aromatic rings. The van der Waals surface area contributed by atoms with Crippen LogP contribution in [0.1, 0.15) is 36.8 Å². The summed E-state index contributed by atoms with van der Waals surface area (Å²) in [5.74, 6) is 0.216. The molecule has 0 saturated carbocycles. The lowest BCUT2D eigenvalue weighted by Crippen LogP contribution is -2.19. The molecule has 3 nitrogen and oxygen atoms in total. The van der Waals surface area contributed by atoms with E-state index in [-0.39, 0.29) is 11.7 Å². The molecule has 0 bridgehead atoms. The van der Waals surface area contributed by atoms with Gasteiger partial charge < -0.3 is 9.88 Å². The Kier molecular flexibility index (Phi) is 3.94. The monoisotopic (exact) mass is 456 g/mol. The summed E-state index contributed by atoms with van der Waals surface area (Å²) in [5, 5.41) is 6.14. The number of rotatable bonds is 2. The summed E-state index contributed by atoms with van der Waals surface area (Å²) in [6, 6.07) is 21.5. The maximum Gasteiger partial charge on any atom is 0.161 e. The van der Waals surface area contributed by atoms with Gasteiger partial charge >= 0.3 is 0 Å². The number of nitrogens with one attached hydrogen (secondary N) is 1. The lowest BCUT2D eigenvalue weighted by molar-refractivity contribution is -0.115. The highest BCUT2D eigenvalue weighted by atomic mass is 79.9. The van der Waals surface area contributed by atoms with Gasteiger partial charge in [0.25, 0.3) is 0 Å². The highest BCUT2D eigenvalue weighted by Crippen LogP contribution is 2.50. The molecule has 1 N–H and O–H groups in total. The summed E-state index contributed by atoms with van der Waals surface area (Å²) in [6.45, 7) is 3.10. The van der Waals surface area contributed by atoms with Crippen LogP contribution in [0.25, 0.3) is 21.8 Å². The molecule has 2 heterocycles. The van der Waals surface area contributed by atoms with Crippen molar-refractivity contribution < 1.29 is 4.79 Å². The average Bonchev–Trinajstić information content (AvgIpc) is 3.29. The number of para-hydroxylation sites is 1. The van der Waals surface area contributed by atoms with Gasteiger partial charge in [0.2, 0.25) is 0 Å². The first-order valence-corrected chi connectivity index (χ1v) is 11.3. The van der Waals surface area contributed by atoms with Crippen LogP contribution in [0.2, 0.25) is 0 Å². The normalized spacial score (nSPS) is 18.1. The maximum absolute atomic E-state index is 13.0. The Labute approximate surface area is 183 Å². The Bertz CT molecular complexity index is 1400. The molecule has 3 aromatic carbocycles. The Morgan fingerprint density at radius 1 is 1.03 bits per heavy atom. The summed E-state index contributed by atoms with van der Waals surface area (Å²) < 4.78 is 3.42. The molecule has 30 heavy (non-hydrogen) atoms. The topological polar surface area (TPSA) is 34.0 Å². The number of anilines is 1. The molecule has 148 valence electrons. The van der Waals surface area contributed by atoms with Crippen LogP contribution in [-0.2, 0) is 11.3 Å². The molecule has 2 aliphatic rings. The Hall–Kier alpha value is -2.85. The predicted octanol–water partition coefficient (Wildman–Crippen LogP) is 6.75. The van der Waals surface area contributed by atoms with Crippen LogP contribution in [0.4, 0.5) is 5.69 Å². The van der Waals surface area contributed by atoms with E-state index < -0.39 is 0 Å². The van der Waals surface area contributed by atoms with Gasteiger partial charge in [-0.25, -0.2) is 0 Å². The summed E-state index contributed by atoms with van der Waals surface area (Å²) in [7, 11) is 0. The van der Waals surface area contributed by atoms with Gasteiger partial charge in [-0.3, -0.25) is 4.79 Å². The van der Waals surface area contributed by atoms with Crippen LogP contribution in [0.5, 0.6) is 0 Å². The van der Waals surface area contributed by atoms with Gasteiger partial charge in [-0.05, 0) is 54.8 Å². The third kappa shape index (κ3) is 2.40. The first-order valence-electron chi connectivity index (χ1n) is 10.5. The lowest BCUT2D eigenvalue weighted by atomic mass is 9.79. The zero-order valence-electron chi connectivity index (χ0n) is 16.7. The minimum atomic E-state index is -0.0523. The van der Waals surface area contributed by atoms with Gasteiger partial charge in [-0.1, -0.05) is 46.3 Å². The predicted molar refractivity (Wildman–Crippen MR) is 126 cm³/mol. The molecule has 1 aromatic heterocycles. The first-order chi connectivity index (χ1) is 14.7. The highest BCUT2D eigenvalue weighted by molar-refractivity contribution is 9.10. The first kappa shape index (κ1) is 18.0. The van der Waals surface area contributed by atoms with Crippen LogP contribution in [0, 0.1) is 0 Å². The van der Waals surface area contributed by atoms with E-state index in [2.05, 4.69) is 87.3 Å². The zero-order valence-corrected chi connectivity index (χ0v) is 18.3. The van der Waals surface area contributed by atoms with Crippen molar-refractivity contribution in [2.24, 2.45) is 0 Å². The number of nitrogens with zero attached hydrogens (tertiary/aromatic N) is 1. The van der Waals surface area contributed by atoms with E-state index in [4.69, 9.17) is 0 Å². The molecule has 0 amide bonds. The van der Waals surface area contributed by atoms with Crippen LogP contribution >= 0.6 is 15.9 Å². The minimum absolute atomic E-state index is 0.0523. The number of halogens is 1. The fourth-order valence-electron chi connectivity index (χ4n) is 5.38. The van der Waals surface area contributed by atoms with Crippen LogP contribution < -0.4 is 5.32 Å². The second-order valence-electron chi connectivity index (χ2n) is 8.11. The van der Waals surface area contributed by atoms with Crippen molar-refractivity contribution in [3.63, 3.8) is 0 Å². The third-order valence-electron chi connectivity index (χ3n) is 6.57.